The van der Waals surface area contributed by atoms with Crippen molar-refractivity contribution in [3.05, 3.63) is 0 Å². The Labute approximate surface area is 111 Å². The summed E-state index contributed by atoms with van der Waals surface area (Å²) in [7, 11) is -3.38. The van der Waals surface area contributed by atoms with Gasteiger partial charge in [-0.05, 0) is 32.6 Å². The normalized spacial score (nSPS) is 23.2. The first kappa shape index (κ1) is 17.1. The summed E-state index contributed by atoms with van der Waals surface area (Å²) in [4.78, 5) is 0. The van der Waals surface area contributed by atoms with E-state index < -0.39 is 15.7 Å². The third-order valence-corrected chi connectivity index (χ3v) is 4.70. The van der Waals surface area contributed by atoms with Crippen molar-refractivity contribution in [2.24, 2.45) is 11.7 Å². The number of rotatable bonds is 4. The van der Waals surface area contributed by atoms with Crippen molar-refractivity contribution >= 4 is 22.6 Å². The zero-order valence-corrected chi connectivity index (χ0v) is 12.4. The lowest BCUT2D eigenvalue weighted by atomic mass is 10.0. The van der Waals surface area contributed by atoms with Crippen LogP contribution in [0.15, 0.2) is 0 Å². The van der Waals surface area contributed by atoms with Crippen molar-refractivity contribution in [3.8, 4) is 0 Å². The van der Waals surface area contributed by atoms with Crippen LogP contribution in [0.3, 0.4) is 0 Å². The minimum atomic E-state index is -3.38. The molecule has 1 rings (SSSR count). The summed E-state index contributed by atoms with van der Waals surface area (Å²) in [6.07, 6.45) is 2.04. The number of nitrogens with zero attached hydrogens (tertiary/aromatic N) is 1. The molecule has 5 nitrogen and oxygen atoms in total. The van der Waals surface area contributed by atoms with Crippen molar-refractivity contribution in [2.45, 2.75) is 39.2 Å². The topological polar surface area (TPSA) is 75.4 Å². The van der Waals surface area contributed by atoms with Gasteiger partial charge < -0.3 is 5.73 Å². The van der Waals surface area contributed by atoms with E-state index in [9.17, 15) is 8.42 Å². The van der Waals surface area contributed by atoms with Gasteiger partial charge in [-0.2, -0.15) is 17.4 Å². The van der Waals surface area contributed by atoms with Crippen LogP contribution < -0.4 is 10.5 Å². The fourth-order valence-corrected chi connectivity index (χ4v) is 3.55. The van der Waals surface area contributed by atoms with E-state index in [2.05, 4.69) is 11.6 Å². The average molecular weight is 286 g/mol. The van der Waals surface area contributed by atoms with E-state index in [1.165, 1.54) is 4.31 Å². The molecular weight excluding hydrogens is 262 g/mol. The van der Waals surface area contributed by atoms with Crippen LogP contribution in [0.25, 0.3) is 0 Å². The predicted octanol–water partition coefficient (Wildman–Crippen LogP) is 0.712. The zero-order chi connectivity index (χ0) is 12.4. The highest BCUT2D eigenvalue weighted by Crippen LogP contribution is 2.18. The molecule has 0 spiro atoms. The molecule has 1 heterocycles. The lowest BCUT2D eigenvalue weighted by molar-refractivity contribution is 0.273. The molecule has 104 valence electrons. The second-order valence-corrected chi connectivity index (χ2v) is 6.97. The third kappa shape index (κ3) is 5.09. The first-order chi connectivity index (χ1) is 7.27. The van der Waals surface area contributed by atoms with Crippen molar-refractivity contribution in [1.29, 1.82) is 0 Å². The number of hydrogen-bond acceptors (Lipinski definition) is 3. The van der Waals surface area contributed by atoms with E-state index in [0.717, 1.165) is 12.8 Å². The Hall–Kier alpha value is 0.120. The van der Waals surface area contributed by atoms with Crippen LogP contribution in [-0.4, -0.2) is 37.9 Å². The van der Waals surface area contributed by atoms with Gasteiger partial charge in [0.15, 0.2) is 0 Å². The maximum atomic E-state index is 12.1. The summed E-state index contributed by atoms with van der Waals surface area (Å²) in [6.45, 7) is 7.16. The summed E-state index contributed by atoms with van der Waals surface area (Å²) in [5, 5.41) is 0. The van der Waals surface area contributed by atoms with E-state index in [1.807, 2.05) is 0 Å². The molecule has 1 fully saturated rings. The number of halogens is 1. The zero-order valence-electron chi connectivity index (χ0n) is 10.8. The highest BCUT2D eigenvalue weighted by molar-refractivity contribution is 7.87. The van der Waals surface area contributed by atoms with Crippen molar-refractivity contribution in [2.75, 3.05) is 19.6 Å². The van der Waals surface area contributed by atoms with Crippen LogP contribution >= 0.6 is 12.4 Å². The van der Waals surface area contributed by atoms with Gasteiger partial charge in [0.1, 0.15) is 0 Å². The minimum Gasteiger partial charge on any atom is -0.329 e. The Kier molecular flexibility index (Phi) is 6.38. The summed E-state index contributed by atoms with van der Waals surface area (Å²) in [6, 6.07) is 0. The van der Waals surface area contributed by atoms with Crippen molar-refractivity contribution < 1.29 is 8.42 Å². The molecule has 0 radical (unpaired) electrons. The molecule has 1 aliphatic rings. The third-order valence-electron chi connectivity index (χ3n) is 2.88. The molecule has 0 aromatic carbocycles. The van der Waals surface area contributed by atoms with Gasteiger partial charge in [-0.1, -0.05) is 6.92 Å². The molecule has 0 amide bonds. The largest absolute Gasteiger partial charge is 0.329 e. The molecule has 0 aromatic rings. The minimum absolute atomic E-state index is 0. The molecule has 0 aromatic heterocycles. The van der Waals surface area contributed by atoms with Crippen LogP contribution in [0.4, 0.5) is 0 Å². The van der Waals surface area contributed by atoms with Crippen LogP contribution in [0, 0.1) is 5.92 Å². The van der Waals surface area contributed by atoms with E-state index in [0.29, 0.717) is 19.0 Å². The number of hydrogen-bond donors (Lipinski definition) is 2. The Balaban J connectivity index is 0.00000256. The number of nitrogens with two attached hydrogens (primary N) is 1. The maximum absolute atomic E-state index is 12.1. The van der Waals surface area contributed by atoms with Gasteiger partial charge in [0.25, 0.3) is 10.2 Å². The smallest absolute Gasteiger partial charge is 0.279 e. The molecule has 1 unspecified atom stereocenters. The first-order valence-electron chi connectivity index (χ1n) is 5.76. The standard InChI is InChI=1S/C10H23N3O2S.ClH/c1-9-5-4-6-13(7-9)16(14,15)12-10(2,3)8-11;/h9,12H,4-8,11H2,1-3H3;1H. The molecule has 0 saturated carbocycles. The Bertz CT molecular complexity index is 332. The lowest BCUT2D eigenvalue weighted by Crippen LogP contribution is -2.55. The average Bonchev–Trinajstić information content (AvgIpc) is 2.16. The lowest BCUT2D eigenvalue weighted by Gasteiger charge is -2.33. The summed E-state index contributed by atoms with van der Waals surface area (Å²) in [5.74, 6) is 0.436. The van der Waals surface area contributed by atoms with Gasteiger partial charge in [0.05, 0.1) is 0 Å². The predicted molar refractivity (Wildman–Crippen MR) is 72.4 cm³/mol. The van der Waals surface area contributed by atoms with Crippen LogP contribution in [0.1, 0.15) is 33.6 Å². The van der Waals surface area contributed by atoms with Crippen molar-refractivity contribution in [1.82, 2.24) is 9.03 Å². The van der Waals surface area contributed by atoms with E-state index in [1.54, 1.807) is 13.8 Å². The molecule has 3 N–H and O–H groups in total. The maximum Gasteiger partial charge on any atom is 0.279 e. The number of piperidine rings is 1. The van der Waals surface area contributed by atoms with Gasteiger partial charge in [0, 0.05) is 25.2 Å². The number of nitrogens with one attached hydrogen (secondary N) is 1. The molecule has 1 aliphatic heterocycles. The van der Waals surface area contributed by atoms with Crippen molar-refractivity contribution in [3.63, 3.8) is 0 Å². The summed E-state index contributed by atoms with van der Waals surface area (Å²) >= 11 is 0. The molecule has 0 bridgehead atoms. The quantitative estimate of drug-likeness (QED) is 0.799. The van der Waals surface area contributed by atoms with Crippen LogP contribution in [0.2, 0.25) is 0 Å². The Morgan fingerprint density at radius 3 is 2.53 bits per heavy atom. The van der Waals surface area contributed by atoms with Crippen LogP contribution in [-0.2, 0) is 10.2 Å². The SMILES string of the molecule is CC1CCCN(S(=O)(=O)NC(C)(C)CN)C1.Cl. The van der Waals surface area contributed by atoms with E-state index in [4.69, 9.17) is 5.73 Å². The molecule has 1 atom stereocenters. The van der Waals surface area contributed by atoms with Gasteiger partial charge in [0.2, 0.25) is 0 Å². The van der Waals surface area contributed by atoms with E-state index in [-0.39, 0.29) is 19.0 Å². The van der Waals surface area contributed by atoms with Gasteiger partial charge in [-0.15, -0.1) is 12.4 Å². The fraction of sp³-hybridized carbons (Fsp3) is 1.00. The first-order valence-corrected chi connectivity index (χ1v) is 7.20. The monoisotopic (exact) mass is 285 g/mol. The van der Waals surface area contributed by atoms with Gasteiger partial charge in [-0.3, -0.25) is 0 Å². The molecule has 17 heavy (non-hydrogen) atoms. The Morgan fingerprint density at radius 1 is 1.47 bits per heavy atom. The molecule has 0 aliphatic carbocycles. The summed E-state index contributed by atoms with van der Waals surface area (Å²) in [5.41, 5.74) is 4.94. The molecule has 7 heteroatoms. The second kappa shape index (κ2) is 6.33. The van der Waals surface area contributed by atoms with Gasteiger partial charge >= 0.3 is 0 Å². The highest BCUT2D eigenvalue weighted by atomic mass is 35.5. The molecule has 1 saturated heterocycles. The highest BCUT2D eigenvalue weighted by Gasteiger charge is 2.31. The fourth-order valence-electron chi connectivity index (χ4n) is 1.82. The van der Waals surface area contributed by atoms with Gasteiger partial charge in [-0.25, -0.2) is 0 Å². The van der Waals surface area contributed by atoms with Crippen LogP contribution in [0.5, 0.6) is 0 Å². The second-order valence-electron chi connectivity index (χ2n) is 5.30. The van der Waals surface area contributed by atoms with E-state index >= 15 is 0 Å². The molecular formula is C10H24ClN3O2S. The Morgan fingerprint density at radius 2 is 2.06 bits per heavy atom. The summed E-state index contributed by atoms with van der Waals surface area (Å²) < 4.78 is 28.3.